The van der Waals surface area contributed by atoms with Gasteiger partial charge in [0.15, 0.2) is 5.76 Å². The molecule has 1 aromatic carbocycles. The van der Waals surface area contributed by atoms with E-state index in [-0.39, 0.29) is 17.8 Å². The van der Waals surface area contributed by atoms with E-state index in [1.165, 1.54) is 7.11 Å². The Bertz CT molecular complexity index is 1120. The van der Waals surface area contributed by atoms with Crippen LogP contribution in [0.2, 0.25) is 0 Å². The molecule has 7 nitrogen and oxygen atoms in total. The van der Waals surface area contributed by atoms with Crippen molar-refractivity contribution in [2.24, 2.45) is 5.92 Å². The maximum Gasteiger partial charge on any atom is 0.309 e. The van der Waals surface area contributed by atoms with E-state index < -0.39 is 27.8 Å². The van der Waals surface area contributed by atoms with Crippen molar-refractivity contribution in [3.8, 4) is 11.3 Å². The summed E-state index contributed by atoms with van der Waals surface area (Å²) in [6.07, 6.45) is -0.0215. The van der Waals surface area contributed by atoms with E-state index in [9.17, 15) is 13.4 Å². The van der Waals surface area contributed by atoms with Crippen molar-refractivity contribution < 1.29 is 22.5 Å². The van der Waals surface area contributed by atoms with Crippen molar-refractivity contribution >= 4 is 21.4 Å². The molecule has 34 heavy (non-hydrogen) atoms. The number of rotatable bonds is 4. The van der Waals surface area contributed by atoms with Crippen molar-refractivity contribution in [3.63, 3.8) is 0 Å². The maximum atomic E-state index is 14.2. The van der Waals surface area contributed by atoms with Crippen molar-refractivity contribution in [1.29, 1.82) is 4.78 Å². The van der Waals surface area contributed by atoms with E-state index in [0.29, 0.717) is 54.8 Å². The Morgan fingerprint density at radius 1 is 1.21 bits per heavy atom. The van der Waals surface area contributed by atoms with Crippen LogP contribution in [0.15, 0.2) is 28.7 Å². The lowest BCUT2D eigenvalue weighted by atomic mass is 9.76. The van der Waals surface area contributed by atoms with Gasteiger partial charge in [-0.05, 0) is 43.5 Å². The van der Waals surface area contributed by atoms with Crippen LogP contribution in [0.3, 0.4) is 0 Å². The molecule has 1 aromatic heterocycles. The average molecular weight is 492 g/mol. The van der Waals surface area contributed by atoms with E-state index in [1.807, 2.05) is 45.0 Å². The number of benzene rings is 1. The summed E-state index contributed by atoms with van der Waals surface area (Å²) in [5, 5.41) is 0. The lowest BCUT2D eigenvalue weighted by Crippen LogP contribution is -2.39. The normalized spacial score (nSPS) is 25.2. The summed E-state index contributed by atoms with van der Waals surface area (Å²) in [5.41, 5.74) is 2.20. The molecule has 3 atom stereocenters. The Labute approximate surface area is 201 Å². The first kappa shape index (κ1) is 24.7. The van der Waals surface area contributed by atoms with Crippen LogP contribution in [0.1, 0.15) is 57.5 Å². The predicted molar refractivity (Wildman–Crippen MR) is 130 cm³/mol. The largest absolute Gasteiger partial charge is 0.469 e. The monoisotopic (exact) mass is 491 g/mol. The third-order valence-electron chi connectivity index (χ3n) is 6.81. The van der Waals surface area contributed by atoms with Gasteiger partial charge < -0.3 is 14.1 Å². The number of oxazole rings is 1. The number of hydrogen-bond acceptors (Lipinski definition) is 7. The van der Waals surface area contributed by atoms with E-state index in [1.54, 1.807) is 0 Å². The van der Waals surface area contributed by atoms with Gasteiger partial charge >= 0.3 is 5.97 Å². The minimum Gasteiger partial charge on any atom is -0.469 e. The van der Waals surface area contributed by atoms with E-state index in [2.05, 4.69) is 4.90 Å². The van der Waals surface area contributed by atoms with Gasteiger partial charge in [0.05, 0.1) is 18.7 Å². The summed E-state index contributed by atoms with van der Waals surface area (Å²) in [7, 11) is -1.11. The fourth-order valence-electron chi connectivity index (χ4n) is 4.78. The highest BCUT2D eigenvalue weighted by Crippen LogP contribution is 2.44. The number of aromatic nitrogens is 1. The second-order valence-corrected chi connectivity index (χ2v) is 12.8. The number of ether oxygens (including phenoxy) is 1. The molecule has 1 saturated heterocycles. The van der Waals surface area contributed by atoms with Crippen molar-refractivity contribution in [2.75, 3.05) is 36.6 Å². The Morgan fingerprint density at radius 3 is 2.44 bits per heavy atom. The summed E-state index contributed by atoms with van der Waals surface area (Å²) in [4.78, 5) is 19.5. The van der Waals surface area contributed by atoms with Crippen molar-refractivity contribution in [1.82, 2.24) is 4.98 Å². The van der Waals surface area contributed by atoms with Gasteiger partial charge in [-0.3, -0.25) is 9.57 Å². The zero-order valence-corrected chi connectivity index (χ0v) is 21.1. The third kappa shape index (κ3) is 5.14. The predicted octanol–water partition coefficient (Wildman–Crippen LogP) is 4.90. The average Bonchev–Trinajstić information content (AvgIpc) is 3.24. The molecule has 1 N–H and O–H groups in total. The van der Waals surface area contributed by atoms with Crippen LogP contribution >= 0.6 is 0 Å². The molecule has 0 radical (unpaired) electrons. The first-order valence-corrected chi connectivity index (χ1v) is 13.7. The lowest BCUT2D eigenvalue weighted by Gasteiger charge is -2.31. The van der Waals surface area contributed by atoms with Crippen LogP contribution in [0.25, 0.3) is 11.3 Å². The number of nitrogens with zero attached hydrogens (tertiary/aromatic N) is 2. The molecule has 186 valence electrons. The van der Waals surface area contributed by atoms with Gasteiger partial charge in [0.1, 0.15) is 6.17 Å². The van der Waals surface area contributed by atoms with Crippen molar-refractivity contribution in [2.45, 2.75) is 57.5 Å². The SMILES string of the molecule is COC(=O)[C@@H]1C[C@@H](F)CC[C@H]1c1nc(C(C)(C)C)oc1-c1ccc(N2CCS(=N)(=O)CC2)cc1. The zero-order valence-electron chi connectivity index (χ0n) is 20.3. The molecule has 0 bridgehead atoms. The van der Waals surface area contributed by atoms with Crippen LogP contribution in [0.5, 0.6) is 0 Å². The molecule has 0 spiro atoms. The quantitative estimate of drug-likeness (QED) is 0.611. The molecule has 1 saturated carbocycles. The molecular weight excluding hydrogens is 457 g/mol. The zero-order chi connectivity index (χ0) is 24.7. The summed E-state index contributed by atoms with van der Waals surface area (Å²) < 4.78 is 45.3. The van der Waals surface area contributed by atoms with Crippen LogP contribution < -0.4 is 4.90 Å². The minimum absolute atomic E-state index is 0.127. The number of anilines is 1. The first-order chi connectivity index (χ1) is 16.0. The second-order valence-electron chi connectivity index (χ2n) is 10.4. The molecule has 9 heteroatoms. The van der Waals surface area contributed by atoms with Crippen LogP contribution in [-0.2, 0) is 24.7 Å². The van der Waals surface area contributed by atoms with Gasteiger partial charge in [0.25, 0.3) is 0 Å². The first-order valence-electron chi connectivity index (χ1n) is 11.8. The Balaban J connectivity index is 1.69. The topological polar surface area (TPSA) is 96.5 Å². The lowest BCUT2D eigenvalue weighted by molar-refractivity contribution is -0.148. The minimum atomic E-state index is -2.45. The summed E-state index contributed by atoms with van der Waals surface area (Å²) in [5.74, 6) is 0.655. The Morgan fingerprint density at radius 2 is 1.85 bits per heavy atom. The molecule has 1 aliphatic heterocycles. The summed E-state index contributed by atoms with van der Waals surface area (Å²) >= 11 is 0. The van der Waals surface area contributed by atoms with Gasteiger partial charge in [-0.1, -0.05) is 20.8 Å². The highest BCUT2D eigenvalue weighted by molar-refractivity contribution is 7.92. The molecule has 0 unspecified atom stereocenters. The van der Waals surface area contributed by atoms with Gasteiger partial charge in [-0.25, -0.2) is 13.6 Å². The highest BCUT2D eigenvalue weighted by atomic mass is 32.2. The van der Waals surface area contributed by atoms with Gasteiger partial charge in [-0.2, -0.15) is 0 Å². The van der Waals surface area contributed by atoms with Crippen LogP contribution in [0, 0.1) is 10.7 Å². The Kier molecular flexibility index (Phi) is 6.77. The number of carbonyl (C=O) groups is 1. The van der Waals surface area contributed by atoms with E-state index >= 15 is 0 Å². The fraction of sp³-hybridized carbons (Fsp3) is 0.600. The standard InChI is InChI=1S/C25H34FN3O4S/c1-25(2,3)24-28-21(19-10-7-17(26)15-20(19)23(30)32-4)22(33-24)16-5-8-18(9-6-16)29-11-13-34(27,31)14-12-29/h5-6,8-9,17,19-20,27H,7,10-15H2,1-4H3/t17-,19+,20+/m0/s1. The molecule has 2 aliphatic rings. The molecule has 2 fully saturated rings. The third-order valence-corrected chi connectivity index (χ3v) is 8.50. The van der Waals surface area contributed by atoms with Crippen LogP contribution in [-0.4, -0.2) is 53.0 Å². The number of methoxy groups -OCH3 is 1. The number of alkyl halides is 1. The summed E-state index contributed by atoms with van der Waals surface area (Å²) in [6, 6.07) is 7.91. The summed E-state index contributed by atoms with van der Waals surface area (Å²) in [6.45, 7) is 7.25. The number of nitrogens with one attached hydrogen (secondary N) is 1. The molecule has 1 aliphatic carbocycles. The molecule has 0 amide bonds. The van der Waals surface area contributed by atoms with Gasteiger partial charge in [0, 0.05) is 56.9 Å². The van der Waals surface area contributed by atoms with Gasteiger partial charge in [-0.15, -0.1) is 0 Å². The molecule has 2 heterocycles. The van der Waals surface area contributed by atoms with E-state index in [4.69, 9.17) is 18.9 Å². The molecular formula is C25H34FN3O4S. The van der Waals surface area contributed by atoms with Crippen molar-refractivity contribution in [3.05, 3.63) is 35.9 Å². The smallest absolute Gasteiger partial charge is 0.309 e. The molecule has 2 aromatic rings. The maximum absolute atomic E-state index is 14.2. The molecule has 4 rings (SSSR count). The number of esters is 1. The highest BCUT2D eigenvalue weighted by Gasteiger charge is 2.41. The van der Waals surface area contributed by atoms with E-state index in [0.717, 1.165) is 11.3 Å². The number of hydrogen-bond donors (Lipinski definition) is 1. The second kappa shape index (κ2) is 9.32. The Hall–Kier alpha value is -2.42. The number of halogens is 1. The number of carbonyl (C=O) groups excluding carboxylic acids is 1. The van der Waals surface area contributed by atoms with Gasteiger partial charge in [0.2, 0.25) is 5.89 Å². The fourth-order valence-corrected chi connectivity index (χ4v) is 6.01. The van der Waals surface area contributed by atoms with Crippen LogP contribution in [0.4, 0.5) is 10.1 Å².